The average molecular weight is 563 g/mol. The minimum absolute atomic E-state index is 0.0988. The number of carbonyl (C=O) groups excluding carboxylic acids is 1. The Hall–Kier alpha value is -2.47. The molecule has 5 heteroatoms. The molecular weight excluding hydrogens is 512 g/mol. The Morgan fingerprint density at radius 2 is 1.90 bits per heavy atom. The third-order valence-electron chi connectivity index (χ3n) is 9.87. The number of fused-ring (bicyclic) bond motifs is 1. The summed E-state index contributed by atoms with van der Waals surface area (Å²) in [4.78, 5) is 11.3. The number of ether oxygens (including phenoxy) is 1. The highest BCUT2D eigenvalue weighted by Crippen LogP contribution is 2.60. The van der Waals surface area contributed by atoms with Gasteiger partial charge in [-0.1, -0.05) is 75.8 Å². The van der Waals surface area contributed by atoms with Crippen LogP contribution >= 0.6 is 0 Å². The lowest BCUT2D eigenvalue weighted by Gasteiger charge is -2.44. The number of rotatable bonds is 9. The van der Waals surface area contributed by atoms with E-state index in [1.165, 1.54) is 30.1 Å². The Morgan fingerprint density at radius 3 is 2.56 bits per heavy atom. The number of benzene rings is 1. The molecule has 5 nitrogen and oxygen atoms in total. The molecule has 0 bridgehead atoms. The summed E-state index contributed by atoms with van der Waals surface area (Å²) in [5.74, 6) is 1.28. The van der Waals surface area contributed by atoms with Crippen LogP contribution < -0.4 is 0 Å². The second-order valence-electron chi connectivity index (χ2n) is 13.7. The number of carbonyl (C=O) groups is 1. The smallest absolute Gasteiger partial charge is 0.302 e. The molecule has 2 saturated carbocycles. The number of hydrogen-bond acceptors (Lipinski definition) is 5. The summed E-state index contributed by atoms with van der Waals surface area (Å²) in [6.45, 7) is 14.5. The maximum absolute atomic E-state index is 11.3. The van der Waals surface area contributed by atoms with E-state index in [1.807, 2.05) is 26.0 Å². The molecule has 2 fully saturated rings. The Morgan fingerprint density at radius 1 is 1.20 bits per heavy atom. The summed E-state index contributed by atoms with van der Waals surface area (Å²) in [5, 5.41) is 30.9. The molecule has 6 atom stereocenters. The molecule has 3 aliphatic carbocycles. The van der Waals surface area contributed by atoms with Gasteiger partial charge in [0.25, 0.3) is 0 Å². The highest BCUT2D eigenvalue weighted by molar-refractivity contribution is 5.71. The molecule has 0 radical (unpaired) electrons. The first-order valence-corrected chi connectivity index (χ1v) is 15.4. The van der Waals surface area contributed by atoms with Crippen molar-refractivity contribution in [2.24, 2.45) is 23.2 Å². The van der Waals surface area contributed by atoms with Gasteiger partial charge in [-0.2, -0.15) is 0 Å². The van der Waals surface area contributed by atoms with Crippen LogP contribution in [0.15, 0.2) is 65.8 Å². The first-order valence-electron chi connectivity index (χ1n) is 15.4. The fourth-order valence-electron chi connectivity index (χ4n) is 7.63. The van der Waals surface area contributed by atoms with E-state index in [0.29, 0.717) is 36.2 Å². The van der Waals surface area contributed by atoms with Crippen LogP contribution in [0.5, 0.6) is 0 Å². The van der Waals surface area contributed by atoms with E-state index < -0.39 is 17.8 Å². The largest absolute Gasteiger partial charge is 0.461 e. The molecule has 3 N–H and O–H groups in total. The minimum atomic E-state index is -0.697. The first-order chi connectivity index (χ1) is 19.3. The van der Waals surface area contributed by atoms with Crippen molar-refractivity contribution in [2.75, 3.05) is 0 Å². The summed E-state index contributed by atoms with van der Waals surface area (Å²) < 4.78 is 5.18. The van der Waals surface area contributed by atoms with Crippen LogP contribution in [0.1, 0.15) is 97.1 Å². The van der Waals surface area contributed by atoms with Crippen molar-refractivity contribution in [2.45, 2.75) is 110 Å². The van der Waals surface area contributed by atoms with Gasteiger partial charge in [-0.3, -0.25) is 4.79 Å². The fraction of sp³-hybridized carbons (Fsp3) is 0.583. The third-order valence-corrected chi connectivity index (χ3v) is 9.87. The van der Waals surface area contributed by atoms with Crippen molar-refractivity contribution >= 4 is 11.5 Å². The highest BCUT2D eigenvalue weighted by Gasteiger charge is 2.51. The third kappa shape index (κ3) is 7.68. The maximum Gasteiger partial charge on any atom is 0.302 e. The van der Waals surface area contributed by atoms with Gasteiger partial charge in [0, 0.05) is 13.3 Å². The highest BCUT2D eigenvalue weighted by atomic mass is 16.5. The van der Waals surface area contributed by atoms with Crippen molar-refractivity contribution in [3.05, 3.63) is 76.9 Å². The quantitative estimate of drug-likeness (QED) is 0.280. The fourth-order valence-corrected chi connectivity index (χ4v) is 7.63. The van der Waals surface area contributed by atoms with Crippen LogP contribution in [-0.4, -0.2) is 39.1 Å². The van der Waals surface area contributed by atoms with Crippen LogP contribution in [-0.2, 0) is 16.1 Å². The monoisotopic (exact) mass is 562 g/mol. The van der Waals surface area contributed by atoms with Crippen LogP contribution in [0.2, 0.25) is 0 Å². The van der Waals surface area contributed by atoms with Gasteiger partial charge in [-0.15, -0.1) is 0 Å². The van der Waals surface area contributed by atoms with Crippen molar-refractivity contribution in [1.82, 2.24) is 0 Å². The van der Waals surface area contributed by atoms with Crippen LogP contribution in [0.25, 0.3) is 5.57 Å². The molecule has 0 amide bonds. The summed E-state index contributed by atoms with van der Waals surface area (Å²) >= 11 is 0. The molecule has 41 heavy (non-hydrogen) atoms. The number of aliphatic hydroxyl groups is 3. The predicted octanol–water partition coefficient (Wildman–Crippen LogP) is 7.07. The Kier molecular flexibility index (Phi) is 9.83. The van der Waals surface area contributed by atoms with Crippen molar-refractivity contribution in [3.63, 3.8) is 0 Å². The molecule has 3 aliphatic rings. The Bertz CT molecular complexity index is 1200. The zero-order chi connectivity index (χ0) is 29.9. The molecule has 224 valence electrons. The molecule has 1 aromatic rings. The number of hydrogen-bond donors (Lipinski definition) is 3. The van der Waals surface area contributed by atoms with E-state index in [2.05, 4.69) is 50.8 Å². The predicted molar refractivity (Wildman–Crippen MR) is 165 cm³/mol. The standard InChI is InChI=1S/C36H50O5/c1-23(8-7-17-35(4,5)40)32-15-16-33-29(14-13-28-19-31(38)20-34(39)24(28)2)18-30(21-36(32,33)6)27-11-9-26(10-12-27)22-41-25(3)37/h9-14,18,23,31-34,38-40H,2,7-8,15-17,19-22H2,1,3-6H3/b28-13+,29-14+/t23-,31-,32-,33+,34+,36-/m1/s1. The normalized spacial score (nSPS) is 31.2. The van der Waals surface area contributed by atoms with Crippen molar-refractivity contribution in [1.29, 1.82) is 0 Å². The molecule has 1 aromatic carbocycles. The molecule has 4 rings (SSSR count). The topological polar surface area (TPSA) is 87.0 Å². The zero-order valence-corrected chi connectivity index (χ0v) is 25.7. The van der Waals surface area contributed by atoms with Gasteiger partial charge in [0.2, 0.25) is 0 Å². The van der Waals surface area contributed by atoms with E-state index in [-0.39, 0.29) is 18.0 Å². The van der Waals surface area contributed by atoms with Crippen LogP contribution in [0, 0.1) is 23.2 Å². The SMILES string of the molecule is C=C1/C(=C/C=C2\C=C(c3ccc(COC(C)=O)cc3)C[C@]3(C)[C@@H]([C@H](C)CCCC(C)(C)O)CC[C@@H]23)C[C@@H](O)C[C@@H]1O. The summed E-state index contributed by atoms with van der Waals surface area (Å²) in [6, 6.07) is 8.35. The van der Waals surface area contributed by atoms with Gasteiger partial charge in [-0.05, 0) is 103 Å². The van der Waals surface area contributed by atoms with Gasteiger partial charge in [0.15, 0.2) is 0 Å². The summed E-state index contributed by atoms with van der Waals surface area (Å²) in [5.41, 5.74) is 5.88. The molecule has 0 unspecified atom stereocenters. The van der Waals surface area contributed by atoms with Crippen LogP contribution in [0.3, 0.4) is 0 Å². The minimum Gasteiger partial charge on any atom is -0.461 e. The Balaban J connectivity index is 1.65. The van der Waals surface area contributed by atoms with Gasteiger partial charge in [0.05, 0.1) is 17.8 Å². The summed E-state index contributed by atoms with van der Waals surface area (Å²) in [7, 11) is 0. The van der Waals surface area contributed by atoms with E-state index in [1.54, 1.807) is 0 Å². The lowest BCUT2D eigenvalue weighted by molar-refractivity contribution is -0.142. The molecule has 0 aromatic heterocycles. The van der Waals surface area contributed by atoms with E-state index in [0.717, 1.165) is 43.2 Å². The second kappa shape index (κ2) is 12.8. The maximum atomic E-state index is 11.3. The lowest BCUT2D eigenvalue weighted by Crippen LogP contribution is -2.35. The molecule has 0 spiro atoms. The number of esters is 1. The number of aliphatic hydroxyl groups excluding tert-OH is 2. The average Bonchev–Trinajstić information content (AvgIpc) is 3.25. The van der Waals surface area contributed by atoms with Crippen LogP contribution in [0.4, 0.5) is 0 Å². The number of allylic oxidation sites excluding steroid dienone is 5. The van der Waals surface area contributed by atoms with Gasteiger partial charge in [-0.25, -0.2) is 0 Å². The first kappa shape index (κ1) is 31.5. The zero-order valence-electron chi connectivity index (χ0n) is 25.7. The van der Waals surface area contributed by atoms with Gasteiger partial charge in [0.1, 0.15) is 6.61 Å². The lowest BCUT2D eigenvalue weighted by atomic mass is 9.60. The Labute approximate surface area is 246 Å². The second-order valence-corrected chi connectivity index (χ2v) is 13.7. The molecule has 0 saturated heterocycles. The van der Waals surface area contributed by atoms with Crippen molar-refractivity contribution < 1.29 is 24.9 Å². The van der Waals surface area contributed by atoms with E-state index in [4.69, 9.17) is 4.74 Å². The van der Waals surface area contributed by atoms with E-state index in [9.17, 15) is 20.1 Å². The van der Waals surface area contributed by atoms with E-state index >= 15 is 0 Å². The summed E-state index contributed by atoms with van der Waals surface area (Å²) in [6.07, 6.45) is 12.5. The van der Waals surface area contributed by atoms with Crippen molar-refractivity contribution in [3.8, 4) is 0 Å². The molecular formula is C36H50O5. The van der Waals surface area contributed by atoms with Gasteiger partial charge >= 0.3 is 5.97 Å². The molecule has 0 aliphatic heterocycles. The van der Waals surface area contributed by atoms with Gasteiger partial charge < -0.3 is 20.1 Å². The molecule has 0 heterocycles.